The summed E-state index contributed by atoms with van der Waals surface area (Å²) in [7, 11) is 0. The van der Waals surface area contributed by atoms with Crippen LogP contribution in [0.15, 0.2) is 54.6 Å². The largest absolute Gasteiger partial charge is 0.416 e. The van der Waals surface area contributed by atoms with Gasteiger partial charge in [0.1, 0.15) is 16.5 Å². The summed E-state index contributed by atoms with van der Waals surface area (Å²) in [6.45, 7) is 6.33. The highest BCUT2D eigenvalue weighted by Gasteiger charge is 2.30. The van der Waals surface area contributed by atoms with Gasteiger partial charge in [-0.3, -0.25) is 0 Å². The van der Waals surface area contributed by atoms with E-state index in [1.807, 2.05) is 18.2 Å². The molecular formula is C28H28F3N5OS. The summed E-state index contributed by atoms with van der Waals surface area (Å²) >= 11 is 1.68. The Morgan fingerprint density at radius 3 is 2.29 bits per heavy atom. The molecule has 6 nitrogen and oxygen atoms in total. The SMILES string of the molecule is Cc1sc2nc(CCc3ccccc3)nc(N3CCN(C(=O)Nc4ccc(C(F)(F)F)cc4)CC3)c2c1C. The summed E-state index contributed by atoms with van der Waals surface area (Å²) in [5.41, 5.74) is 2.00. The van der Waals surface area contributed by atoms with Crippen LogP contribution in [0.4, 0.5) is 29.5 Å². The molecule has 1 saturated heterocycles. The molecule has 38 heavy (non-hydrogen) atoms. The van der Waals surface area contributed by atoms with Crippen molar-refractivity contribution in [3.05, 3.63) is 82.0 Å². The minimum absolute atomic E-state index is 0.329. The van der Waals surface area contributed by atoms with Crippen LogP contribution in [-0.4, -0.2) is 47.1 Å². The number of amides is 2. The maximum absolute atomic E-state index is 12.8. The number of anilines is 2. The molecule has 2 amide bonds. The standard InChI is InChI=1S/C28H28F3N5OS/c1-18-19(2)38-26-24(18)25(33-23(34-26)13-8-20-6-4-3-5-7-20)35-14-16-36(17-15-35)27(37)32-22-11-9-21(10-12-22)28(29,30)31/h3-7,9-12H,8,13-17H2,1-2H3,(H,32,37). The summed E-state index contributed by atoms with van der Waals surface area (Å²) in [4.78, 5) is 28.7. The number of thiophene rings is 1. The third-order valence-electron chi connectivity index (χ3n) is 6.87. The van der Waals surface area contributed by atoms with Crippen LogP contribution in [0.25, 0.3) is 10.2 Å². The van der Waals surface area contributed by atoms with Crippen molar-refractivity contribution in [2.45, 2.75) is 32.9 Å². The third kappa shape index (κ3) is 5.60. The van der Waals surface area contributed by atoms with Crippen molar-refractivity contribution in [2.75, 3.05) is 36.4 Å². The van der Waals surface area contributed by atoms with Gasteiger partial charge in [0.05, 0.1) is 10.9 Å². The molecule has 1 aliphatic heterocycles. The number of piperazine rings is 1. The molecule has 0 saturated carbocycles. The number of nitrogens with zero attached hydrogens (tertiary/aromatic N) is 4. The molecule has 4 aromatic rings. The Morgan fingerprint density at radius 2 is 1.63 bits per heavy atom. The fraction of sp³-hybridized carbons (Fsp3) is 0.321. The van der Waals surface area contributed by atoms with E-state index in [1.54, 1.807) is 16.2 Å². The van der Waals surface area contributed by atoms with Gasteiger partial charge in [-0.15, -0.1) is 11.3 Å². The number of carbonyl (C=O) groups excluding carboxylic acids is 1. The second-order valence-electron chi connectivity index (χ2n) is 9.39. The first-order valence-electron chi connectivity index (χ1n) is 12.5. The fourth-order valence-corrected chi connectivity index (χ4v) is 5.62. The van der Waals surface area contributed by atoms with E-state index in [0.29, 0.717) is 31.9 Å². The van der Waals surface area contributed by atoms with E-state index in [2.05, 4.69) is 36.2 Å². The van der Waals surface area contributed by atoms with Crippen LogP contribution >= 0.6 is 11.3 Å². The molecule has 0 bridgehead atoms. The van der Waals surface area contributed by atoms with Gasteiger partial charge in [0.25, 0.3) is 0 Å². The third-order valence-corrected chi connectivity index (χ3v) is 7.97. The van der Waals surface area contributed by atoms with E-state index in [9.17, 15) is 18.0 Å². The molecular weight excluding hydrogens is 511 g/mol. The van der Waals surface area contributed by atoms with E-state index in [4.69, 9.17) is 9.97 Å². The highest BCUT2D eigenvalue weighted by molar-refractivity contribution is 7.18. The van der Waals surface area contributed by atoms with Crippen molar-refractivity contribution in [1.29, 1.82) is 0 Å². The van der Waals surface area contributed by atoms with Gasteiger partial charge in [-0.1, -0.05) is 30.3 Å². The van der Waals surface area contributed by atoms with E-state index in [0.717, 1.165) is 46.8 Å². The number of benzene rings is 2. The highest BCUT2D eigenvalue weighted by Crippen LogP contribution is 2.35. The van der Waals surface area contributed by atoms with Gasteiger partial charge in [0.15, 0.2) is 0 Å². The number of aromatic nitrogens is 2. The van der Waals surface area contributed by atoms with E-state index < -0.39 is 11.7 Å². The number of fused-ring (bicyclic) bond motifs is 1. The predicted molar refractivity (Wildman–Crippen MR) is 145 cm³/mol. The van der Waals surface area contributed by atoms with Crippen molar-refractivity contribution >= 4 is 39.1 Å². The van der Waals surface area contributed by atoms with Crippen LogP contribution in [-0.2, 0) is 19.0 Å². The molecule has 198 valence electrons. The highest BCUT2D eigenvalue weighted by atomic mass is 32.1. The normalized spacial score (nSPS) is 14.2. The van der Waals surface area contributed by atoms with Gasteiger partial charge in [0, 0.05) is 43.2 Å². The van der Waals surface area contributed by atoms with Crippen molar-refractivity contribution in [2.24, 2.45) is 0 Å². The lowest BCUT2D eigenvalue weighted by atomic mass is 10.1. The monoisotopic (exact) mass is 539 g/mol. The molecule has 10 heteroatoms. The van der Waals surface area contributed by atoms with E-state index >= 15 is 0 Å². The second-order valence-corrected chi connectivity index (χ2v) is 10.6. The maximum atomic E-state index is 12.8. The average Bonchev–Trinajstić information content (AvgIpc) is 3.20. The molecule has 0 aliphatic carbocycles. The zero-order valence-corrected chi connectivity index (χ0v) is 22.0. The predicted octanol–water partition coefficient (Wildman–Crippen LogP) is 6.47. The lowest BCUT2D eigenvalue weighted by Crippen LogP contribution is -2.50. The molecule has 3 heterocycles. The minimum Gasteiger partial charge on any atom is -0.352 e. The van der Waals surface area contributed by atoms with Gasteiger partial charge in [-0.2, -0.15) is 13.2 Å². The Kier molecular flexibility index (Phi) is 7.25. The quantitative estimate of drug-likeness (QED) is 0.316. The Bertz CT molecular complexity index is 1430. The summed E-state index contributed by atoms with van der Waals surface area (Å²) in [6.07, 6.45) is -2.82. The van der Waals surface area contributed by atoms with Crippen molar-refractivity contribution < 1.29 is 18.0 Å². The first-order chi connectivity index (χ1) is 18.2. The Hall–Kier alpha value is -3.66. The number of alkyl halides is 3. The minimum atomic E-state index is -4.41. The number of halogens is 3. The fourth-order valence-electron chi connectivity index (χ4n) is 4.58. The van der Waals surface area contributed by atoms with Gasteiger partial charge < -0.3 is 15.1 Å². The number of urea groups is 1. The molecule has 5 rings (SSSR count). The summed E-state index contributed by atoms with van der Waals surface area (Å²) < 4.78 is 38.4. The van der Waals surface area contributed by atoms with E-state index in [-0.39, 0.29) is 6.03 Å². The van der Waals surface area contributed by atoms with E-state index in [1.165, 1.54) is 28.1 Å². The van der Waals surface area contributed by atoms with Gasteiger partial charge in [-0.25, -0.2) is 14.8 Å². The number of aryl methyl sites for hydroxylation is 4. The van der Waals surface area contributed by atoms with Crippen LogP contribution in [0.2, 0.25) is 0 Å². The average molecular weight is 540 g/mol. The van der Waals surface area contributed by atoms with Gasteiger partial charge >= 0.3 is 12.2 Å². The lowest BCUT2D eigenvalue weighted by molar-refractivity contribution is -0.137. The van der Waals surface area contributed by atoms with Crippen LogP contribution < -0.4 is 10.2 Å². The Labute approximate surface area is 223 Å². The molecule has 2 aromatic carbocycles. The van der Waals surface area contributed by atoms with Gasteiger partial charge in [-0.05, 0) is 55.7 Å². The number of hydrogen-bond acceptors (Lipinski definition) is 5. The molecule has 0 radical (unpaired) electrons. The molecule has 1 aliphatic rings. The Balaban J connectivity index is 1.28. The zero-order chi connectivity index (χ0) is 26.9. The second kappa shape index (κ2) is 10.6. The molecule has 0 atom stereocenters. The summed E-state index contributed by atoms with van der Waals surface area (Å²) in [5.74, 6) is 1.71. The number of nitrogens with one attached hydrogen (secondary N) is 1. The van der Waals surface area contributed by atoms with Crippen LogP contribution in [0, 0.1) is 13.8 Å². The smallest absolute Gasteiger partial charge is 0.352 e. The number of hydrogen-bond donors (Lipinski definition) is 1. The van der Waals surface area contributed by atoms with Crippen molar-refractivity contribution in [3.63, 3.8) is 0 Å². The number of carbonyl (C=O) groups is 1. The summed E-state index contributed by atoms with van der Waals surface area (Å²) in [6, 6.07) is 14.4. The maximum Gasteiger partial charge on any atom is 0.416 e. The molecule has 0 unspecified atom stereocenters. The first-order valence-corrected chi connectivity index (χ1v) is 13.3. The van der Waals surface area contributed by atoms with Crippen molar-refractivity contribution in [1.82, 2.24) is 14.9 Å². The van der Waals surface area contributed by atoms with Crippen molar-refractivity contribution in [3.8, 4) is 0 Å². The molecule has 1 fully saturated rings. The van der Waals surface area contributed by atoms with Crippen LogP contribution in [0.5, 0.6) is 0 Å². The molecule has 1 N–H and O–H groups in total. The zero-order valence-electron chi connectivity index (χ0n) is 21.2. The Morgan fingerprint density at radius 1 is 0.947 bits per heavy atom. The topological polar surface area (TPSA) is 61.4 Å². The number of rotatable bonds is 5. The van der Waals surface area contributed by atoms with Crippen LogP contribution in [0.3, 0.4) is 0 Å². The molecule has 2 aromatic heterocycles. The lowest BCUT2D eigenvalue weighted by Gasteiger charge is -2.35. The van der Waals surface area contributed by atoms with Crippen LogP contribution in [0.1, 0.15) is 27.4 Å². The first kappa shape index (κ1) is 26.0. The molecule has 0 spiro atoms. The van der Waals surface area contributed by atoms with Gasteiger partial charge in [0.2, 0.25) is 0 Å². The summed E-state index contributed by atoms with van der Waals surface area (Å²) in [5, 5.41) is 3.77.